The van der Waals surface area contributed by atoms with Gasteiger partial charge in [0.05, 0.1) is 11.6 Å². The third kappa shape index (κ3) is 6.29. The van der Waals surface area contributed by atoms with Crippen molar-refractivity contribution >= 4 is 17.5 Å². The molecular formula is C27H27N3O2. The van der Waals surface area contributed by atoms with Gasteiger partial charge in [0.25, 0.3) is 0 Å². The van der Waals surface area contributed by atoms with Crippen molar-refractivity contribution in [2.24, 2.45) is 0 Å². The Morgan fingerprint density at radius 3 is 2.19 bits per heavy atom. The second-order valence-electron chi connectivity index (χ2n) is 7.61. The summed E-state index contributed by atoms with van der Waals surface area (Å²) in [5, 5.41) is 11.8. The second kappa shape index (κ2) is 11.5. The van der Waals surface area contributed by atoms with Crippen molar-refractivity contribution in [1.29, 1.82) is 5.26 Å². The molecule has 0 saturated heterocycles. The Morgan fingerprint density at radius 1 is 0.969 bits per heavy atom. The zero-order valence-corrected chi connectivity index (χ0v) is 18.2. The van der Waals surface area contributed by atoms with Gasteiger partial charge in [-0.1, -0.05) is 66.7 Å². The smallest absolute Gasteiger partial charge is 0.229 e. The number of carbonyl (C=O) groups excluding carboxylic acids is 2. The van der Waals surface area contributed by atoms with Crippen LogP contribution in [0.3, 0.4) is 0 Å². The lowest BCUT2D eigenvalue weighted by atomic mass is 9.98. The van der Waals surface area contributed by atoms with Crippen molar-refractivity contribution in [2.75, 3.05) is 4.90 Å². The van der Waals surface area contributed by atoms with E-state index in [1.54, 1.807) is 17.0 Å². The van der Waals surface area contributed by atoms with E-state index in [4.69, 9.17) is 5.26 Å². The number of fused-ring (bicyclic) bond motifs is 1. The van der Waals surface area contributed by atoms with Crippen molar-refractivity contribution in [1.82, 2.24) is 5.32 Å². The third-order valence-electron chi connectivity index (χ3n) is 5.27. The van der Waals surface area contributed by atoms with Crippen molar-refractivity contribution in [3.8, 4) is 6.07 Å². The van der Waals surface area contributed by atoms with Gasteiger partial charge in [0, 0.05) is 19.0 Å². The molecule has 0 fully saturated rings. The number of nitrogens with one attached hydrogen (secondary N) is 1. The number of carbonyl (C=O) groups is 2. The van der Waals surface area contributed by atoms with E-state index in [0.29, 0.717) is 24.8 Å². The predicted molar refractivity (Wildman–Crippen MR) is 126 cm³/mol. The highest BCUT2D eigenvalue weighted by molar-refractivity contribution is 5.96. The van der Waals surface area contributed by atoms with Gasteiger partial charge >= 0.3 is 0 Å². The summed E-state index contributed by atoms with van der Waals surface area (Å²) in [4.78, 5) is 26.3. The van der Waals surface area contributed by atoms with Gasteiger partial charge in [0.15, 0.2) is 0 Å². The van der Waals surface area contributed by atoms with E-state index in [-0.39, 0.29) is 18.0 Å². The molecular weight excluding hydrogens is 398 g/mol. The summed E-state index contributed by atoms with van der Waals surface area (Å²) in [6, 6.07) is 29.2. The summed E-state index contributed by atoms with van der Waals surface area (Å²) in [6.07, 6.45) is 2.17. The van der Waals surface area contributed by atoms with Crippen LogP contribution in [0.5, 0.6) is 0 Å². The van der Waals surface area contributed by atoms with Crippen LogP contribution in [0.1, 0.15) is 36.5 Å². The molecule has 0 aliphatic carbocycles. The maximum atomic E-state index is 13.0. The maximum Gasteiger partial charge on any atom is 0.229 e. The number of aryl methyl sites for hydroxylation is 2. The monoisotopic (exact) mass is 425 g/mol. The summed E-state index contributed by atoms with van der Waals surface area (Å²) >= 11 is 0. The lowest BCUT2D eigenvalue weighted by Gasteiger charge is -2.37. The van der Waals surface area contributed by atoms with Crippen LogP contribution in [-0.2, 0) is 22.4 Å². The van der Waals surface area contributed by atoms with Crippen molar-refractivity contribution in [3.05, 3.63) is 102 Å². The van der Waals surface area contributed by atoms with Crippen LogP contribution in [0.4, 0.5) is 5.69 Å². The number of hydrogen-bond donors (Lipinski definition) is 1. The van der Waals surface area contributed by atoms with Gasteiger partial charge in [-0.05, 0) is 48.6 Å². The largest absolute Gasteiger partial charge is 0.336 e. The van der Waals surface area contributed by atoms with E-state index < -0.39 is 0 Å². The molecule has 1 aliphatic rings. The fourth-order valence-corrected chi connectivity index (χ4v) is 3.73. The molecule has 0 saturated carbocycles. The van der Waals surface area contributed by atoms with Gasteiger partial charge in [-0.25, -0.2) is 0 Å². The summed E-state index contributed by atoms with van der Waals surface area (Å²) in [6.45, 7) is 1.47. The summed E-state index contributed by atoms with van der Waals surface area (Å²) in [5.74, 6) is -0.153. The first-order chi connectivity index (χ1) is 15.6. The number of rotatable bonds is 4. The number of nitrogens with zero attached hydrogens (tertiary/aromatic N) is 2. The topological polar surface area (TPSA) is 73.2 Å². The Labute approximate surface area is 189 Å². The Kier molecular flexibility index (Phi) is 8.16. The SMILES string of the molecule is CC(=O)NC1CCc2ccccc2N1C(=O)CCc1ccc(C#N)cc1.c1ccccc1. The zero-order valence-electron chi connectivity index (χ0n) is 18.2. The molecule has 0 radical (unpaired) electrons. The fraction of sp³-hybridized carbons (Fsp3) is 0.222. The number of nitriles is 1. The molecule has 1 atom stereocenters. The molecule has 3 aromatic carbocycles. The minimum Gasteiger partial charge on any atom is -0.336 e. The van der Waals surface area contributed by atoms with Crippen LogP contribution < -0.4 is 10.2 Å². The van der Waals surface area contributed by atoms with E-state index in [0.717, 1.165) is 23.2 Å². The van der Waals surface area contributed by atoms with E-state index in [1.807, 2.05) is 72.8 Å². The van der Waals surface area contributed by atoms with E-state index in [9.17, 15) is 9.59 Å². The molecule has 0 aromatic heterocycles. The van der Waals surface area contributed by atoms with Gasteiger partial charge in [-0.3, -0.25) is 14.5 Å². The Balaban J connectivity index is 0.000000416. The van der Waals surface area contributed by atoms with Gasteiger partial charge < -0.3 is 5.32 Å². The van der Waals surface area contributed by atoms with E-state index in [1.165, 1.54) is 6.92 Å². The highest BCUT2D eigenvalue weighted by atomic mass is 16.2. The highest BCUT2D eigenvalue weighted by Crippen LogP contribution is 2.30. The molecule has 3 aromatic rings. The Morgan fingerprint density at radius 2 is 1.59 bits per heavy atom. The first-order valence-electron chi connectivity index (χ1n) is 10.7. The molecule has 162 valence electrons. The van der Waals surface area contributed by atoms with Gasteiger partial charge in [-0.2, -0.15) is 5.26 Å². The predicted octanol–water partition coefficient (Wildman–Crippen LogP) is 4.62. The third-order valence-corrected chi connectivity index (χ3v) is 5.27. The summed E-state index contributed by atoms with van der Waals surface area (Å²) in [7, 11) is 0. The summed E-state index contributed by atoms with van der Waals surface area (Å²) in [5.41, 5.74) is 3.62. The number of amides is 2. The molecule has 5 nitrogen and oxygen atoms in total. The highest BCUT2D eigenvalue weighted by Gasteiger charge is 2.30. The molecule has 1 N–H and O–H groups in total. The minimum atomic E-state index is -0.309. The first-order valence-corrected chi connectivity index (χ1v) is 10.7. The first kappa shape index (κ1) is 22.8. The maximum absolute atomic E-state index is 13.0. The molecule has 32 heavy (non-hydrogen) atoms. The number of benzene rings is 3. The van der Waals surface area contributed by atoms with Crippen LogP contribution >= 0.6 is 0 Å². The molecule has 4 rings (SSSR count). The van der Waals surface area contributed by atoms with Crippen LogP contribution in [-0.4, -0.2) is 18.0 Å². The molecule has 5 heteroatoms. The van der Waals surface area contributed by atoms with Crippen LogP contribution in [0, 0.1) is 11.3 Å². The van der Waals surface area contributed by atoms with Crippen molar-refractivity contribution in [3.63, 3.8) is 0 Å². The Bertz CT molecular complexity index is 1050. The number of para-hydroxylation sites is 1. The normalized spacial score (nSPS) is 14.2. The van der Waals surface area contributed by atoms with Crippen molar-refractivity contribution < 1.29 is 9.59 Å². The Hall–Kier alpha value is -3.91. The zero-order chi connectivity index (χ0) is 22.8. The van der Waals surface area contributed by atoms with Gasteiger partial charge in [-0.15, -0.1) is 0 Å². The van der Waals surface area contributed by atoms with Crippen LogP contribution in [0.2, 0.25) is 0 Å². The summed E-state index contributed by atoms with van der Waals surface area (Å²) < 4.78 is 0. The average molecular weight is 426 g/mol. The molecule has 1 unspecified atom stereocenters. The molecule has 1 heterocycles. The lowest BCUT2D eigenvalue weighted by Crippen LogP contribution is -2.53. The van der Waals surface area contributed by atoms with Gasteiger partial charge in [0.1, 0.15) is 6.17 Å². The number of anilines is 1. The lowest BCUT2D eigenvalue weighted by molar-refractivity contribution is -0.121. The molecule has 0 bridgehead atoms. The molecule has 1 aliphatic heterocycles. The quantitative estimate of drug-likeness (QED) is 0.663. The minimum absolute atomic E-state index is 0.0136. The van der Waals surface area contributed by atoms with Crippen LogP contribution in [0.25, 0.3) is 0 Å². The van der Waals surface area contributed by atoms with Gasteiger partial charge in [0.2, 0.25) is 11.8 Å². The number of hydrogen-bond acceptors (Lipinski definition) is 3. The molecule has 0 spiro atoms. The average Bonchev–Trinajstić information content (AvgIpc) is 2.84. The van der Waals surface area contributed by atoms with Crippen LogP contribution in [0.15, 0.2) is 84.9 Å². The van der Waals surface area contributed by atoms with E-state index in [2.05, 4.69) is 11.4 Å². The van der Waals surface area contributed by atoms with E-state index >= 15 is 0 Å². The molecule has 2 amide bonds. The fourth-order valence-electron chi connectivity index (χ4n) is 3.73. The second-order valence-corrected chi connectivity index (χ2v) is 7.61. The van der Waals surface area contributed by atoms with Crippen molar-refractivity contribution in [2.45, 2.75) is 38.8 Å². The standard InChI is InChI=1S/C21H21N3O2.C6H6/c1-15(25)23-20-12-11-18-4-2-3-5-19(18)24(20)21(26)13-10-16-6-8-17(14-22)9-7-16;1-2-4-6-5-3-1/h2-9,20H,10-13H2,1H3,(H,23,25);1-6H.